The Morgan fingerprint density at radius 2 is 1.77 bits per heavy atom. The fourth-order valence-corrected chi connectivity index (χ4v) is 3.48. The van der Waals surface area contributed by atoms with Gasteiger partial charge >= 0.3 is 18.9 Å². The largest absolute Gasteiger partial charge is 1.00 e. The minimum atomic E-state index is -0.00854. The second kappa shape index (κ2) is 10.6. The number of aryl methyl sites for hydroxylation is 1. The van der Waals surface area contributed by atoms with Crippen molar-refractivity contribution in [3.63, 3.8) is 0 Å². The zero-order valence-corrected chi connectivity index (χ0v) is 17.4. The first-order chi connectivity index (χ1) is 12.0. The van der Waals surface area contributed by atoms with Gasteiger partial charge in [-0.05, 0) is 64.0 Å². The van der Waals surface area contributed by atoms with E-state index in [2.05, 4.69) is 6.92 Å². The summed E-state index contributed by atoms with van der Waals surface area (Å²) in [5, 5.41) is 0.995. The summed E-state index contributed by atoms with van der Waals surface area (Å²) in [4.78, 5) is 12.9. The fraction of sp³-hybridized carbons (Fsp3) is 0.350. The van der Waals surface area contributed by atoms with Crippen molar-refractivity contribution in [2.75, 3.05) is 14.2 Å². The van der Waals surface area contributed by atoms with Gasteiger partial charge in [0.25, 0.3) is 0 Å². The summed E-state index contributed by atoms with van der Waals surface area (Å²) in [6.45, 7) is 6.13. The first-order valence-electron chi connectivity index (χ1n) is 8.29. The molecule has 4 nitrogen and oxygen atoms in total. The van der Waals surface area contributed by atoms with Crippen LogP contribution in [-0.2, 0) is 0 Å². The quantitative estimate of drug-likeness (QED) is 0.523. The Hall–Kier alpha value is -1.46. The molecule has 136 valence electrons. The second-order valence-corrected chi connectivity index (χ2v) is 7.05. The zero-order valence-electron chi connectivity index (χ0n) is 17.4. The summed E-state index contributed by atoms with van der Waals surface area (Å²) < 4.78 is 16.5. The molecule has 0 aliphatic rings. The van der Waals surface area contributed by atoms with Gasteiger partial charge in [-0.3, -0.25) is 4.79 Å². The van der Waals surface area contributed by atoms with Gasteiger partial charge in [0.15, 0.2) is 5.52 Å². The maximum absolute atomic E-state index is 12.9. The van der Waals surface area contributed by atoms with Gasteiger partial charge in [0.05, 0.1) is 20.3 Å². The van der Waals surface area contributed by atoms with Crippen molar-refractivity contribution in [1.82, 2.24) is 0 Å². The van der Waals surface area contributed by atoms with E-state index < -0.39 is 0 Å². The number of carbonyl (C=O) groups is 1. The molecule has 0 N–H and O–H groups in total. The van der Waals surface area contributed by atoms with E-state index in [-0.39, 0.29) is 40.5 Å². The average Bonchev–Trinajstić information content (AvgIpc) is 2.62. The van der Waals surface area contributed by atoms with E-state index in [1.54, 1.807) is 26.4 Å². The van der Waals surface area contributed by atoms with Gasteiger partial charge in [-0.15, -0.1) is 0 Å². The van der Waals surface area contributed by atoms with Gasteiger partial charge in [0.2, 0.25) is 0 Å². The monoisotopic (exact) mass is 368 g/mol. The van der Waals surface area contributed by atoms with Crippen molar-refractivity contribution < 1.29 is 39.3 Å². The molecule has 2 aromatic carbocycles. The van der Waals surface area contributed by atoms with Crippen LogP contribution in [0.15, 0.2) is 36.4 Å². The normalized spacial score (nSPS) is 11.7. The predicted octanol–water partition coefficient (Wildman–Crippen LogP) is 1.45. The molecule has 6 heteroatoms. The molecule has 0 aliphatic heterocycles. The molecule has 2 unspecified atom stereocenters. The molecule has 0 heterocycles. The molecule has 26 heavy (non-hydrogen) atoms. The molecule has 2 rings (SSSR count). The number of hydrogen-bond acceptors (Lipinski definition) is 4. The Kier molecular flexibility index (Phi) is 9.23. The molecule has 0 radical (unpaired) electrons. The standard InChI is InChI=1S/C20H25O4P.Li.H/c1-6-14(3)24-15-10-11-18(13(2)12-15)25-20(21)19-16(22-4)8-7-9-17(19)23-5;;/h7-12,14,25H,6H2,1-5H3;;/q;+1;-1. The van der Waals surface area contributed by atoms with Gasteiger partial charge in [-0.25, -0.2) is 0 Å². The van der Waals surface area contributed by atoms with Crippen molar-refractivity contribution in [1.29, 1.82) is 0 Å². The molecule has 0 spiro atoms. The molecule has 0 bridgehead atoms. The van der Waals surface area contributed by atoms with Crippen LogP contribution in [0.5, 0.6) is 17.2 Å². The van der Waals surface area contributed by atoms with Crippen molar-refractivity contribution >= 4 is 19.4 Å². The number of methoxy groups -OCH3 is 2. The summed E-state index contributed by atoms with van der Waals surface area (Å²) in [5.41, 5.74) is 1.53. The van der Waals surface area contributed by atoms with E-state index in [1.807, 2.05) is 38.1 Å². The second-order valence-electron chi connectivity index (χ2n) is 5.81. The van der Waals surface area contributed by atoms with Gasteiger partial charge < -0.3 is 15.6 Å². The van der Waals surface area contributed by atoms with Crippen LogP contribution in [0.25, 0.3) is 0 Å². The minimum Gasteiger partial charge on any atom is -1.00 e. The molecule has 0 saturated carbocycles. The number of carbonyl (C=O) groups excluding carboxylic acids is 1. The molecule has 2 aromatic rings. The van der Waals surface area contributed by atoms with Crippen LogP contribution in [0, 0.1) is 6.92 Å². The SMILES string of the molecule is CCC(C)Oc1ccc(PC(=O)c2c(OC)cccc2OC)c(C)c1.[H-].[Li+]. The Bertz CT molecular complexity index is 733. The third kappa shape index (κ3) is 5.52. The fourth-order valence-electron chi connectivity index (χ4n) is 2.43. The summed E-state index contributed by atoms with van der Waals surface area (Å²) in [7, 11) is 3.10. The molecule has 2 atom stereocenters. The summed E-state index contributed by atoms with van der Waals surface area (Å²) in [6, 6.07) is 11.2. The van der Waals surface area contributed by atoms with Gasteiger partial charge in [0.1, 0.15) is 22.8 Å². The van der Waals surface area contributed by atoms with E-state index in [9.17, 15) is 4.79 Å². The predicted molar refractivity (Wildman–Crippen MR) is 104 cm³/mol. The maximum Gasteiger partial charge on any atom is 1.00 e. The van der Waals surface area contributed by atoms with Crippen LogP contribution >= 0.6 is 8.58 Å². The first-order valence-corrected chi connectivity index (χ1v) is 9.29. The van der Waals surface area contributed by atoms with Crippen molar-refractivity contribution in [3.05, 3.63) is 47.5 Å². The third-order valence-electron chi connectivity index (χ3n) is 4.01. The van der Waals surface area contributed by atoms with Crippen molar-refractivity contribution in [2.24, 2.45) is 0 Å². The van der Waals surface area contributed by atoms with Crippen molar-refractivity contribution in [2.45, 2.75) is 33.3 Å². The van der Waals surface area contributed by atoms with Gasteiger partial charge in [-0.1, -0.05) is 19.1 Å². The smallest absolute Gasteiger partial charge is 1.00 e. The van der Waals surface area contributed by atoms with Gasteiger partial charge in [0, 0.05) is 0 Å². The average molecular weight is 368 g/mol. The summed E-state index contributed by atoms with van der Waals surface area (Å²) >= 11 is 0. The molecular weight excluding hydrogens is 342 g/mol. The van der Waals surface area contributed by atoms with Crippen LogP contribution in [0.4, 0.5) is 0 Å². The van der Waals surface area contributed by atoms with Crippen LogP contribution < -0.4 is 38.4 Å². The molecule has 0 amide bonds. The van der Waals surface area contributed by atoms with Crippen LogP contribution in [0.2, 0.25) is 0 Å². The van der Waals surface area contributed by atoms with Crippen LogP contribution in [0.1, 0.15) is 37.6 Å². The number of ether oxygens (including phenoxy) is 3. The first kappa shape index (κ1) is 22.6. The number of hydrogen-bond donors (Lipinski definition) is 0. The Morgan fingerprint density at radius 1 is 1.15 bits per heavy atom. The Morgan fingerprint density at radius 3 is 2.27 bits per heavy atom. The van der Waals surface area contributed by atoms with E-state index >= 15 is 0 Å². The van der Waals surface area contributed by atoms with Crippen LogP contribution in [-0.4, -0.2) is 25.8 Å². The Labute approximate surface area is 171 Å². The summed E-state index contributed by atoms with van der Waals surface area (Å²) in [5.74, 6) is 1.90. The van der Waals surface area contributed by atoms with Crippen LogP contribution in [0.3, 0.4) is 0 Å². The number of rotatable bonds is 8. The molecular formula is C20H26LiO4P. The maximum atomic E-state index is 12.9. The Balaban J connectivity index is 0.00000338. The van der Waals surface area contributed by atoms with E-state index in [1.165, 1.54) is 0 Å². The minimum absolute atomic E-state index is 0. The number of benzene rings is 2. The van der Waals surface area contributed by atoms with E-state index in [4.69, 9.17) is 14.2 Å². The van der Waals surface area contributed by atoms with Gasteiger partial charge in [-0.2, -0.15) is 0 Å². The summed E-state index contributed by atoms with van der Waals surface area (Å²) in [6.07, 6.45) is 1.13. The third-order valence-corrected chi connectivity index (χ3v) is 5.32. The van der Waals surface area contributed by atoms with E-state index in [0.717, 1.165) is 23.0 Å². The molecule has 0 aromatic heterocycles. The topological polar surface area (TPSA) is 44.8 Å². The van der Waals surface area contributed by atoms with Crippen molar-refractivity contribution in [3.8, 4) is 17.2 Å². The molecule has 0 fully saturated rings. The molecule has 0 saturated heterocycles. The zero-order chi connectivity index (χ0) is 18.4. The molecule has 0 aliphatic carbocycles. The van der Waals surface area contributed by atoms with E-state index in [0.29, 0.717) is 17.1 Å².